The number of hydrogen-bond donors (Lipinski definition) is 0. The van der Waals surface area contributed by atoms with E-state index in [9.17, 15) is 0 Å². The van der Waals surface area contributed by atoms with Crippen molar-refractivity contribution in [2.24, 2.45) is 4.99 Å². The van der Waals surface area contributed by atoms with Crippen molar-refractivity contribution < 1.29 is 4.42 Å². The van der Waals surface area contributed by atoms with Gasteiger partial charge in [0.1, 0.15) is 5.52 Å². The van der Waals surface area contributed by atoms with Crippen molar-refractivity contribution >= 4 is 44.5 Å². The topological polar surface area (TPSA) is 38.4 Å². The second-order valence-corrected chi connectivity index (χ2v) is 8.43. The standard InChI is InChI=1S/C30H22N2O/c1-19-14-15-29-28(16-19)32-30(33-29)23-12-7-13-27(20(23)2)31-18-26-24-10-5-3-8-21(24)17-22-9-4-6-11-25(22)26/h3-18H,1-2H3. The highest BCUT2D eigenvalue weighted by Gasteiger charge is 2.13. The number of aromatic nitrogens is 1. The van der Waals surface area contributed by atoms with Gasteiger partial charge in [-0.25, -0.2) is 4.98 Å². The minimum absolute atomic E-state index is 0.626. The number of aliphatic imine (C=N–C) groups is 1. The first-order valence-corrected chi connectivity index (χ1v) is 11.1. The second kappa shape index (κ2) is 7.72. The number of oxazole rings is 1. The third-order valence-corrected chi connectivity index (χ3v) is 6.22. The van der Waals surface area contributed by atoms with Gasteiger partial charge in [0, 0.05) is 17.3 Å². The van der Waals surface area contributed by atoms with E-state index in [1.54, 1.807) is 0 Å². The normalized spacial score (nSPS) is 11.8. The number of aryl methyl sites for hydroxylation is 1. The lowest BCUT2D eigenvalue weighted by molar-refractivity contribution is 0.619. The molecule has 158 valence electrons. The van der Waals surface area contributed by atoms with Crippen LogP contribution in [-0.2, 0) is 0 Å². The highest BCUT2D eigenvalue weighted by Crippen LogP contribution is 2.33. The molecule has 0 saturated carbocycles. The summed E-state index contributed by atoms with van der Waals surface area (Å²) in [5.74, 6) is 0.626. The first kappa shape index (κ1) is 19.4. The molecule has 0 aliphatic heterocycles. The molecule has 6 aromatic rings. The van der Waals surface area contributed by atoms with E-state index in [0.717, 1.165) is 33.5 Å². The van der Waals surface area contributed by atoms with Crippen molar-refractivity contribution in [1.82, 2.24) is 4.98 Å². The summed E-state index contributed by atoms with van der Waals surface area (Å²) in [5, 5.41) is 4.82. The van der Waals surface area contributed by atoms with Crippen molar-refractivity contribution in [3.63, 3.8) is 0 Å². The number of hydrogen-bond acceptors (Lipinski definition) is 3. The minimum Gasteiger partial charge on any atom is -0.436 e. The summed E-state index contributed by atoms with van der Waals surface area (Å²) < 4.78 is 6.06. The van der Waals surface area contributed by atoms with Gasteiger partial charge in [-0.2, -0.15) is 0 Å². The Balaban J connectivity index is 1.48. The van der Waals surface area contributed by atoms with Crippen molar-refractivity contribution in [3.8, 4) is 11.5 Å². The monoisotopic (exact) mass is 426 g/mol. The van der Waals surface area contributed by atoms with Gasteiger partial charge in [0.2, 0.25) is 5.89 Å². The Morgan fingerprint density at radius 3 is 2.24 bits per heavy atom. The van der Waals surface area contributed by atoms with E-state index in [1.807, 2.05) is 42.6 Å². The maximum absolute atomic E-state index is 6.06. The molecule has 0 radical (unpaired) electrons. The molecule has 3 nitrogen and oxygen atoms in total. The lowest BCUT2D eigenvalue weighted by atomic mass is 9.97. The predicted molar refractivity (Wildman–Crippen MR) is 138 cm³/mol. The molecule has 6 rings (SSSR count). The lowest BCUT2D eigenvalue weighted by Gasteiger charge is -2.09. The van der Waals surface area contributed by atoms with E-state index in [0.29, 0.717) is 5.89 Å². The Morgan fingerprint density at radius 2 is 1.48 bits per heavy atom. The lowest BCUT2D eigenvalue weighted by Crippen LogP contribution is -1.89. The predicted octanol–water partition coefficient (Wildman–Crippen LogP) is 8.17. The SMILES string of the molecule is Cc1ccc2oc(-c3cccc(N=Cc4c5ccccc5cc5ccccc45)c3C)nc2c1. The average molecular weight is 427 g/mol. The van der Waals surface area contributed by atoms with Crippen LogP contribution in [0.4, 0.5) is 5.69 Å². The molecule has 0 aliphatic carbocycles. The molecule has 5 aromatic carbocycles. The van der Waals surface area contributed by atoms with Crippen LogP contribution in [0, 0.1) is 13.8 Å². The van der Waals surface area contributed by atoms with E-state index >= 15 is 0 Å². The molecular weight excluding hydrogens is 404 g/mol. The van der Waals surface area contributed by atoms with Gasteiger partial charge in [-0.1, -0.05) is 60.7 Å². The van der Waals surface area contributed by atoms with Crippen LogP contribution in [0.3, 0.4) is 0 Å². The van der Waals surface area contributed by atoms with Crippen molar-refractivity contribution in [1.29, 1.82) is 0 Å². The van der Waals surface area contributed by atoms with E-state index in [-0.39, 0.29) is 0 Å². The number of rotatable bonds is 3. The molecule has 1 aromatic heterocycles. The zero-order valence-electron chi connectivity index (χ0n) is 18.5. The first-order valence-electron chi connectivity index (χ1n) is 11.1. The summed E-state index contributed by atoms with van der Waals surface area (Å²) in [6, 6.07) is 31.3. The molecule has 0 spiro atoms. The maximum Gasteiger partial charge on any atom is 0.227 e. The minimum atomic E-state index is 0.626. The van der Waals surface area contributed by atoms with Gasteiger partial charge in [0.05, 0.1) is 5.69 Å². The van der Waals surface area contributed by atoms with E-state index in [2.05, 4.69) is 68.4 Å². The fourth-order valence-corrected chi connectivity index (χ4v) is 4.47. The largest absolute Gasteiger partial charge is 0.436 e. The van der Waals surface area contributed by atoms with E-state index in [1.165, 1.54) is 27.1 Å². The molecule has 3 heteroatoms. The van der Waals surface area contributed by atoms with Crippen LogP contribution in [0.1, 0.15) is 16.7 Å². The average Bonchev–Trinajstić information content (AvgIpc) is 3.25. The Morgan fingerprint density at radius 1 is 0.758 bits per heavy atom. The Bertz CT molecular complexity index is 1640. The van der Waals surface area contributed by atoms with Gasteiger partial charge in [0.15, 0.2) is 5.58 Å². The van der Waals surface area contributed by atoms with Crippen molar-refractivity contribution in [3.05, 3.63) is 108 Å². The molecule has 0 aliphatic rings. The zero-order valence-corrected chi connectivity index (χ0v) is 18.5. The quantitative estimate of drug-likeness (QED) is 0.211. The van der Waals surface area contributed by atoms with E-state index < -0.39 is 0 Å². The first-order chi connectivity index (χ1) is 16.2. The van der Waals surface area contributed by atoms with Gasteiger partial charge in [-0.05, 0) is 76.9 Å². The Hall–Kier alpha value is -4.24. The van der Waals surface area contributed by atoms with Crippen LogP contribution in [0.25, 0.3) is 44.1 Å². The van der Waals surface area contributed by atoms with Gasteiger partial charge in [-0.3, -0.25) is 4.99 Å². The van der Waals surface area contributed by atoms with Gasteiger partial charge in [-0.15, -0.1) is 0 Å². The highest BCUT2D eigenvalue weighted by atomic mass is 16.3. The molecule has 0 N–H and O–H groups in total. The van der Waals surface area contributed by atoms with Crippen molar-refractivity contribution in [2.45, 2.75) is 13.8 Å². The van der Waals surface area contributed by atoms with Gasteiger partial charge < -0.3 is 4.42 Å². The molecule has 0 atom stereocenters. The molecule has 0 saturated heterocycles. The summed E-state index contributed by atoms with van der Waals surface area (Å²) in [4.78, 5) is 9.66. The molecule has 1 heterocycles. The fraction of sp³-hybridized carbons (Fsp3) is 0.0667. The molecular formula is C30H22N2O. The third-order valence-electron chi connectivity index (χ3n) is 6.22. The number of fused-ring (bicyclic) bond motifs is 3. The summed E-state index contributed by atoms with van der Waals surface area (Å²) in [5.41, 5.74) is 6.88. The Labute approximate surface area is 192 Å². The van der Waals surface area contributed by atoms with Gasteiger partial charge in [0.25, 0.3) is 0 Å². The highest BCUT2D eigenvalue weighted by molar-refractivity contribution is 6.13. The second-order valence-electron chi connectivity index (χ2n) is 8.43. The molecule has 0 bridgehead atoms. The third kappa shape index (κ3) is 3.39. The molecule has 0 fully saturated rings. The summed E-state index contributed by atoms with van der Waals surface area (Å²) in [7, 11) is 0. The fourth-order valence-electron chi connectivity index (χ4n) is 4.47. The van der Waals surface area contributed by atoms with Crippen LogP contribution in [0.2, 0.25) is 0 Å². The molecule has 0 unspecified atom stereocenters. The van der Waals surface area contributed by atoms with Crippen LogP contribution in [-0.4, -0.2) is 11.2 Å². The number of benzene rings is 5. The Kier molecular flexibility index (Phi) is 4.55. The summed E-state index contributed by atoms with van der Waals surface area (Å²) >= 11 is 0. The zero-order chi connectivity index (χ0) is 22.4. The van der Waals surface area contributed by atoms with Crippen molar-refractivity contribution in [2.75, 3.05) is 0 Å². The van der Waals surface area contributed by atoms with E-state index in [4.69, 9.17) is 14.4 Å². The van der Waals surface area contributed by atoms with Gasteiger partial charge >= 0.3 is 0 Å². The van der Waals surface area contributed by atoms with Crippen LogP contribution < -0.4 is 0 Å². The molecule has 33 heavy (non-hydrogen) atoms. The smallest absolute Gasteiger partial charge is 0.227 e. The molecule has 0 amide bonds. The van der Waals surface area contributed by atoms with Crippen LogP contribution in [0.15, 0.2) is 100 Å². The maximum atomic E-state index is 6.06. The summed E-state index contributed by atoms with van der Waals surface area (Å²) in [6.07, 6.45) is 1.99. The summed E-state index contributed by atoms with van der Waals surface area (Å²) in [6.45, 7) is 4.13. The van der Waals surface area contributed by atoms with Crippen LogP contribution >= 0.6 is 0 Å². The van der Waals surface area contributed by atoms with Crippen LogP contribution in [0.5, 0.6) is 0 Å². The number of nitrogens with zero attached hydrogens (tertiary/aromatic N) is 2.